The quantitative estimate of drug-likeness (QED) is 0.311. The molecule has 0 aliphatic heterocycles. The van der Waals surface area contributed by atoms with E-state index in [1.165, 1.54) is 0 Å². The van der Waals surface area contributed by atoms with E-state index in [2.05, 4.69) is 38.4 Å². The number of nitrogens with zero attached hydrogens (tertiary/aromatic N) is 1. The maximum Gasteiger partial charge on any atom is 0.187 e. The summed E-state index contributed by atoms with van der Waals surface area (Å²) in [6.07, 6.45) is 3.38. The smallest absolute Gasteiger partial charge is 0.187 e. The third-order valence-corrected chi connectivity index (χ3v) is 3.23. The van der Waals surface area contributed by atoms with Gasteiger partial charge in [-0.15, -0.1) is 6.58 Å². The number of hydrogen-bond donors (Lipinski definition) is 2. The van der Waals surface area contributed by atoms with E-state index in [0.717, 1.165) is 10.0 Å². The summed E-state index contributed by atoms with van der Waals surface area (Å²) in [5.41, 5.74) is 3.59. The van der Waals surface area contributed by atoms with Gasteiger partial charge in [0.15, 0.2) is 16.6 Å². The topological polar surface area (TPSA) is 54.9 Å². The van der Waals surface area contributed by atoms with Crippen molar-refractivity contribution in [3.8, 4) is 11.5 Å². The molecular formula is C15H20BrN3O2S. The molecule has 0 unspecified atom stereocenters. The second-order valence-electron chi connectivity index (χ2n) is 4.06. The molecule has 0 fully saturated rings. The number of thiocarbonyl (C=S) groups is 1. The Morgan fingerprint density at radius 1 is 1.36 bits per heavy atom. The van der Waals surface area contributed by atoms with Crippen molar-refractivity contribution in [3.63, 3.8) is 0 Å². The van der Waals surface area contributed by atoms with Gasteiger partial charge in [-0.3, -0.25) is 5.43 Å². The van der Waals surface area contributed by atoms with Crippen molar-refractivity contribution < 1.29 is 9.47 Å². The molecule has 120 valence electrons. The standard InChI is InChI=1S/C15H20BrN3O2S/c1-4-7-17-15(22)19-18-10-11-8-12(16)14(21-6-3)13(9-11)20-5-2/h4,8-10H,1,5-7H2,2-3H3,(H2,17,19,22)/b18-10+. The Kier molecular flexibility index (Phi) is 8.54. The number of ether oxygens (including phenoxy) is 2. The molecule has 0 atom stereocenters. The number of benzene rings is 1. The maximum atomic E-state index is 5.61. The van der Waals surface area contributed by atoms with Crippen molar-refractivity contribution in [1.29, 1.82) is 0 Å². The molecule has 0 amide bonds. The first-order valence-corrected chi connectivity index (χ1v) is 8.09. The van der Waals surface area contributed by atoms with Crippen LogP contribution in [0.15, 0.2) is 34.4 Å². The van der Waals surface area contributed by atoms with Crippen LogP contribution in [0.1, 0.15) is 19.4 Å². The molecule has 22 heavy (non-hydrogen) atoms. The third-order valence-electron chi connectivity index (χ3n) is 2.41. The minimum Gasteiger partial charge on any atom is -0.490 e. The van der Waals surface area contributed by atoms with Crippen LogP contribution in [0.3, 0.4) is 0 Å². The average molecular weight is 386 g/mol. The van der Waals surface area contributed by atoms with E-state index >= 15 is 0 Å². The third kappa shape index (κ3) is 6.03. The maximum absolute atomic E-state index is 5.61. The summed E-state index contributed by atoms with van der Waals surface area (Å²) in [6, 6.07) is 3.77. The molecule has 0 saturated heterocycles. The van der Waals surface area contributed by atoms with Crippen molar-refractivity contribution >= 4 is 39.5 Å². The predicted molar refractivity (Wildman–Crippen MR) is 98.0 cm³/mol. The summed E-state index contributed by atoms with van der Waals surface area (Å²) < 4.78 is 12.0. The van der Waals surface area contributed by atoms with Gasteiger partial charge in [-0.2, -0.15) is 5.10 Å². The molecule has 0 aromatic heterocycles. The van der Waals surface area contributed by atoms with Gasteiger partial charge in [0.25, 0.3) is 0 Å². The van der Waals surface area contributed by atoms with Crippen LogP contribution in [0.4, 0.5) is 0 Å². The van der Waals surface area contributed by atoms with Gasteiger partial charge < -0.3 is 14.8 Å². The zero-order chi connectivity index (χ0) is 16.4. The summed E-state index contributed by atoms with van der Waals surface area (Å²) in [6.45, 7) is 9.17. The van der Waals surface area contributed by atoms with Gasteiger partial charge in [0.1, 0.15) is 0 Å². The average Bonchev–Trinajstić information content (AvgIpc) is 2.49. The van der Waals surface area contributed by atoms with E-state index in [1.807, 2.05) is 26.0 Å². The monoisotopic (exact) mass is 385 g/mol. The normalized spacial score (nSPS) is 10.3. The molecule has 2 N–H and O–H groups in total. The van der Waals surface area contributed by atoms with Crippen LogP contribution in [0.2, 0.25) is 0 Å². The molecule has 0 spiro atoms. The van der Waals surface area contributed by atoms with Crippen molar-refractivity contribution in [1.82, 2.24) is 10.7 Å². The molecule has 5 nitrogen and oxygen atoms in total. The Hall–Kier alpha value is -1.60. The SMILES string of the molecule is C=CCNC(=S)N/N=C/c1cc(Br)c(OCC)c(OCC)c1. The highest BCUT2D eigenvalue weighted by Crippen LogP contribution is 2.36. The molecule has 0 aliphatic rings. The first-order valence-electron chi connectivity index (χ1n) is 6.89. The second-order valence-corrected chi connectivity index (χ2v) is 5.33. The van der Waals surface area contributed by atoms with Crippen LogP contribution >= 0.6 is 28.1 Å². The Balaban J connectivity index is 2.82. The number of nitrogens with one attached hydrogen (secondary N) is 2. The van der Waals surface area contributed by atoms with Crippen LogP contribution in [0.5, 0.6) is 11.5 Å². The number of hydrazone groups is 1. The molecule has 0 heterocycles. The van der Waals surface area contributed by atoms with E-state index in [0.29, 0.717) is 36.4 Å². The second kappa shape index (κ2) is 10.2. The highest BCUT2D eigenvalue weighted by atomic mass is 79.9. The fourth-order valence-electron chi connectivity index (χ4n) is 1.58. The zero-order valence-electron chi connectivity index (χ0n) is 12.7. The highest BCUT2D eigenvalue weighted by Gasteiger charge is 2.11. The molecule has 0 saturated carbocycles. The van der Waals surface area contributed by atoms with Crippen molar-refractivity contribution in [2.45, 2.75) is 13.8 Å². The fourth-order valence-corrected chi connectivity index (χ4v) is 2.29. The largest absolute Gasteiger partial charge is 0.490 e. The molecule has 0 radical (unpaired) electrons. The molecule has 7 heteroatoms. The number of halogens is 1. The first kappa shape index (κ1) is 18.4. The van der Waals surface area contributed by atoms with Gasteiger partial charge in [0.2, 0.25) is 0 Å². The molecule has 1 aromatic carbocycles. The van der Waals surface area contributed by atoms with Crippen molar-refractivity contribution in [2.75, 3.05) is 19.8 Å². The van der Waals surface area contributed by atoms with Crippen molar-refractivity contribution in [2.24, 2.45) is 5.10 Å². The molecule has 1 aromatic rings. The minimum atomic E-state index is 0.436. The fraction of sp³-hybridized carbons (Fsp3) is 0.333. The lowest BCUT2D eigenvalue weighted by molar-refractivity contribution is 0.286. The van der Waals surface area contributed by atoms with E-state index in [-0.39, 0.29) is 0 Å². The van der Waals surface area contributed by atoms with Gasteiger partial charge >= 0.3 is 0 Å². The first-order chi connectivity index (χ1) is 10.6. The van der Waals surface area contributed by atoms with Crippen LogP contribution in [0, 0.1) is 0 Å². The van der Waals surface area contributed by atoms with E-state index < -0.39 is 0 Å². The van der Waals surface area contributed by atoms with Gasteiger partial charge in [0.05, 0.1) is 23.9 Å². The summed E-state index contributed by atoms with van der Waals surface area (Å²) in [5.74, 6) is 1.37. The number of hydrogen-bond acceptors (Lipinski definition) is 4. The Morgan fingerprint density at radius 2 is 2.09 bits per heavy atom. The Morgan fingerprint density at radius 3 is 2.73 bits per heavy atom. The highest BCUT2D eigenvalue weighted by molar-refractivity contribution is 9.10. The lowest BCUT2D eigenvalue weighted by Gasteiger charge is -2.13. The summed E-state index contributed by atoms with van der Waals surface area (Å²) >= 11 is 8.53. The van der Waals surface area contributed by atoms with Gasteiger partial charge in [-0.05, 0) is 59.7 Å². The van der Waals surface area contributed by atoms with E-state index in [1.54, 1.807) is 12.3 Å². The van der Waals surface area contributed by atoms with Crippen molar-refractivity contribution in [3.05, 3.63) is 34.8 Å². The minimum absolute atomic E-state index is 0.436. The lowest BCUT2D eigenvalue weighted by atomic mass is 10.2. The van der Waals surface area contributed by atoms with Gasteiger partial charge in [0, 0.05) is 6.54 Å². The van der Waals surface area contributed by atoms with Crippen LogP contribution in [-0.4, -0.2) is 31.1 Å². The lowest BCUT2D eigenvalue weighted by Crippen LogP contribution is -2.31. The molecule has 1 rings (SSSR count). The summed E-state index contributed by atoms with van der Waals surface area (Å²) in [5, 5.41) is 7.44. The van der Waals surface area contributed by atoms with Gasteiger partial charge in [-0.25, -0.2) is 0 Å². The molecule has 0 aliphatic carbocycles. The van der Waals surface area contributed by atoms with E-state index in [9.17, 15) is 0 Å². The van der Waals surface area contributed by atoms with E-state index in [4.69, 9.17) is 21.7 Å². The number of rotatable bonds is 8. The predicted octanol–water partition coefficient (Wildman–Crippen LogP) is 3.23. The van der Waals surface area contributed by atoms with Crippen LogP contribution in [0.25, 0.3) is 0 Å². The summed E-state index contributed by atoms with van der Waals surface area (Å²) in [7, 11) is 0. The van der Waals surface area contributed by atoms with Crippen LogP contribution in [-0.2, 0) is 0 Å². The van der Waals surface area contributed by atoms with Crippen LogP contribution < -0.4 is 20.2 Å². The molecule has 0 bridgehead atoms. The Bertz CT molecular complexity index is 550. The summed E-state index contributed by atoms with van der Waals surface area (Å²) in [4.78, 5) is 0. The zero-order valence-corrected chi connectivity index (χ0v) is 15.1. The molecular weight excluding hydrogens is 366 g/mol. The van der Waals surface area contributed by atoms with Gasteiger partial charge in [-0.1, -0.05) is 6.08 Å². The Labute approximate surface area is 144 Å².